The number of nitrogens with zero attached hydrogens (tertiary/aromatic N) is 2. The van der Waals surface area contributed by atoms with Gasteiger partial charge in [0.1, 0.15) is 0 Å². The summed E-state index contributed by atoms with van der Waals surface area (Å²) in [5, 5.41) is 0. The Morgan fingerprint density at radius 3 is 2.71 bits per heavy atom. The molecule has 0 unspecified atom stereocenters. The highest BCUT2D eigenvalue weighted by atomic mass is 15.1. The van der Waals surface area contributed by atoms with Crippen LogP contribution in [0.3, 0.4) is 0 Å². The van der Waals surface area contributed by atoms with Crippen LogP contribution in [0.5, 0.6) is 0 Å². The number of aromatic nitrogens is 1. The Labute approximate surface area is 105 Å². The van der Waals surface area contributed by atoms with Crippen molar-refractivity contribution in [1.29, 1.82) is 0 Å². The summed E-state index contributed by atoms with van der Waals surface area (Å²) in [6.07, 6.45) is 3.39. The first-order valence-electron chi connectivity index (χ1n) is 6.89. The van der Waals surface area contributed by atoms with E-state index in [-0.39, 0.29) is 0 Å². The molecular formula is C15H24N2. The average Bonchev–Trinajstić information content (AvgIpc) is 2.50. The van der Waals surface area contributed by atoms with Crippen LogP contribution in [-0.2, 0) is 19.3 Å². The van der Waals surface area contributed by atoms with Crippen LogP contribution in [0.2, 0.25) is 0 Å². The number of hydrogen-bond donors (Lipinski definition) is 0. The molecule has 1 aromatic rings. The Bertz CT molecular complexity index is 371. The first-order chi connectivity index (χ1) is 8.19. The highest BCUT2D eigenvalue weighted by Crippen LogP contribution is 2.16. The summed E-state index contributed by atoms with van der Waals surface area (Å²) in [5.74, 6) is 0.693. The normalized spacial score (nSPS) is 16.9. The summed E-state index contributed by atoms with van der Waals surface area (Å²) < 4.78 is 0. The van der Waals surface area contributed by atoms with Crippen molar-refractivity contribution >= 4 is 0 Å². The van der Waals surface area contributed by atoms with Gasteiger partial charge in [0.05, 0.1) is 0 Å². The molecule has 0 fully saturated rings. The first kappa shape index (κ1) is 12.6. The summed E-state index contributed by atoms with van der Waals surface area (Å²) in [4.78, 5) is 7.37. The van der Waals surface area contributed by atoms with Gasteiger partial charge in [0, 0.05) is 30.9 Å². The molecule has 0 saturated heterocycles. The largest absolute Gasteiger partial charge is 0.303 e. The molecule has 0 spiro atoms. The molecule has 0 saturated carbocycles. The zero-order chi connectivity index (χ0) is 12.3. The third-order valence-corrected chi connectivity index (χ3v) is 3.55. The molecular weight excluding hydrogens is 208 g/mol. The highest BCUT2D eigenvalue weighted by molar-refractivity contribution is 5.25. The molecule has 0 N–H and O–H groups in total. The maximum atomic E-state index is 4.86. The van der Waals surface area contributed by atoms with E-state index in [0.717, 1.165) is 25.8 Å². The Morgan fingerprint density at radius 2 is 2.00 bits per heavy atom. The van der Waals surface area contributed by atoms with Gasteiger partial charge in [-0.3, -0.25) is 4.98 Å². The molecule has 0 bridgehead atoms. The number of pyridine rings is 1. The summed E-state index contributed by atoms with van der Waals surface area (Å²) in [5.41, 5.74) is 4.08. The van der Waals surface area contributed by atoms with Crippen molar-refractivity contribution in [2.24, 2.45) is 5.92 Å². The van der Waals surface area contributed by atoms with E-state index in [1.165, 1.54) is 30.0 Å². The molecule has 0 atom stereocenters. The fraction of sp³-hybridized carbons (Fsp3) is 0.667. The van der Waals surface area contributed by atoms with Gasteiger partial charge >= 0.3 is 0 Å². The van der Waals surface area contributed by atoms with Gasteiger partial charge in [-0.15, -0.1) is 0 Å². The average molecular weight is 232 g/mol. The van der Waals surface area contributed by atoms with Crippen molar-refractivity contribution in [3.8, 4) is 0 Å². The second-order valence-electron chi connectivity index (χ2n) is 5.44. The third kappa shape index (κ3) is 3.29. The van der Waals surface area contributed by atoms with Gasteiger partial charge in [0.25, 0.3) is 0 Å². The Balaban J connectivity index is 2.14. The maximum Gasteiger partial charge on any atom is 0.0452 e. The molecule has 2 rings (SSSR count). The lowest BCUT2D eigenvalue weighted by molar-refractivity contribution is 0.303. The lowest BCUT2D eigenvalue weighted by atomic mass is 10.0. The molecule has 1 aliphatic heterocycles. The minimum Gasteiger partial charge on any atom is -0.303 e. The van der Waals surface area contributed by atoms with Gasteiger partial charge < -0.3 is 4.90 Å². The predicted octanol–water partition coefficient (Wildman–Crippen LogP) is 2.70. The summed E-state index contributed by atoms with van der Waals surface area (Å²) in [6.45, 7) is 10.3. The summed E-state index contributed by atoms with van der Waals surface area (Å²) in [7, 11) is 0. The van der Waals surface area contributed by atoms with E-state index in [1.54, 1.807) is 0 Å². The molecule has 0 radical (unpaired) electrons. The molecule has 2 heterocycles. The van der Waals surface area contributed by atoms with Crippen LogP contribution in [0, 0.1) is 5.92 Å². The second-order valence-corrected chi connectivity index (χ2v) is 5.44. The molecule has 0 amide bonds. The quantitative estimate of drug-likeness (QED) is 0.796. The topological polar surface area (TPSA) is 16.1 Å². The van der Waals surface area contributed by atoms with Crippen molar-refractivity contribution in [2.45, 2.75) is 40.0 Å². The number of rotatable bonds is 3. The monoisotopic (exact) mass is 232 g/mol. The fourth-order valence-electron chi connectivity index (χ4n) is 2.52. The molecule has 0 aliphatic carbocycles. The van der Waals surface area contributed by atoms with Crippen LogP contribution in [0.4, 0.5) is 0 Å². The van der Waals surface area contributed by atoms with Gasteiger partial charge in [-0.2, -0.15) is 0 Å². The zero-order valence-electron chi connectivity index (χ0n) is 11.4. The van der Waals surface area contributed by atoms with E-state index in [0.29, 0.717) is 5.92 Å². The van der Waals surface area contributed by atoms with E-state index in [1.807, 2.05) is 0 Å². The van der Waals surface area contributed by atoms with Crippen LogP contribution in [0.25, 0.3) is 0 Å². The Kier molecular flexibility index (Phi) is 4.16. The van der Waals surface area contributed by atoms with Gasteiger partial charge in [-0.05, 0) is 36.9 Å². The zero-order valence-corrected chi connectivity index (χ0v) is 11.4. The first-order valence-corrected chi connectivity index (χ1v) is 6.89. The highest BCUT2D eigenvalue weighted by Gasteiger charge is 2.14. The van der Waals surface area contributed by atoms with E-state index in [9.17, 15) is 0 Å². The van der Waals surface area contributed by atoms with E-state index < -0.39 is 0 Å². The second kappa shape index (κ2) is 5.63. The van der Waals surface area contributed by atoms with Crippen LogP contribution in [0.1, 0.15) is 37.7 Å². The van der Waals surface area contributed by atoms with Crippen molar-refractivity contribution in [1.82, 2.24) is 9.88 Å². The van der Waals surface area contributed by atoms with E-state index >= 15 is 0 Å². The molecule has 0 aromatic carbocycles. The number of fused-ring (bicyclic) bond motifs is 1. The van der Waals surface area contributed by atoms with Crippen LogP contribution >= 0.6 is 0 Å². The molecule has 1 aliphatic rings. The number of hydrogen-bond acceptors (Lipinski definition) is 2. The molecule has 2 heteroatoms. The SMILES string of the molecule is CCN1CCc2ccc(CC(C)C)nc2CC1. The Morgan fingerprint density at radius 1 is 1.24 bits per heavy atom. The van der Waals surface area contributed by atoms with Crippen molar-refractivity contribution < 1.29 is 0 Å². The van der Waals surface area contributed by atoms with Crippen molar-refractivity contribution in [3.05, 3.63) is 29.1 Å². The summed E-state index contributed by atoms with van der Waals surface area (Å²) in [6, 6.07) is 4.53. The predicted molar refractivity (Wildman–Crippen MR) is 72.3 cm³/mol. The lowest BCUT2D eigenvalue weighted by Crippen LogP contribution is -2.25. The number of likely N-dealkylation sites (N-methyl/N-ethyl adjacent to an activating group) is 1. The molecule has 17 heavy (non-hydrogen) atoms. The standard InChI is InChI=1S/C15H24N2/c1-4-17-9-7-13-5-6-14(11-12(2)3)16-15(13)8-10-17/h5-6,12H,4,7-11H2,1-3H3. The molecule has 94 valence electrons. The van der Waals surface area contributed by atoms with Gasteiger partial charge in [-0.25, -0.2) is 0 Å². The van der Waals surface area contributed by atoms with Crippen molar-refractivity contribution in [3.63, 3.8) is 0 Å². The molecule has 1 aromatic heterocycles. The van der Waals surface area contributed by atoms with Gasteiger partial charge in [-0.1, -0.05) is 26.8 Å². The minimum atomic E-state index is 0.693. The van der Waals surface area contributed by atoms with Crippen LogP contribution in [0.15, 0.2) is 12.1 Å². The minimum absolute atomic E-state index is 0.693. The lowest BCUT2D eigenvalue weighted by Gasteiger charge is -2.15. The summed E-state index contributed by atoms with van der Waals surface area (Å²) >= 11 is 0. The third-order valence-electron chi connectivity index (χ3n) is 3.55. The fourth-order valence-corrected chi connectivity index (χ4v) is 2.52. The smallest absolute Gasteiger partial charge is 0.0452 e. The van der Waals surface area contributed by atoms with Crippen LogP contribution in [-0.4, -0.2) is 29.5 Å². The van der Waals surface area contributed by atoms with E-state index in [4.69, 9.17) is 4.98 Å². The van der Waals surface area contributed by atoms with E-state index in [2.05, 4.69) is 37.8 Å². The molecule has 2 nitrogen and oxygen atoms in total. The van der Waals surface area contributed by atoms with Crippen molar-refractivity contribution in [2.75, 3.05) is 19.6 Å². The Hall–Kier alpha value is -0.890. The maximum absolute atomic E-state index is 4.86. The van der Waals surface area contributed by atoms with Gasteiger partial charge in [0.15, 0.2) is 0 Å². The van der Waals surface area contributed by atoms with Crippen LogP contribution < -0.4 is 0 Å². The van der Waals surface area contributed by atoms with Gasteiger partial charge in [0.2, 0.25) is 0 Å².